The Labute approximate surface area is 110 Å². The summed E-state index contributed by atoms with van der Waals surface area (Å²) in [4.78, 5) is 4.15. The van der Waals surface area contributed by atoms with Gasteiger partial charge in [0.25, 0.3) is 0 Å². The van der Waals surface area contributed by atoms with Gasteiger partial charge in [-0.25, -0.2) is 4.98 Å². The van der Waals surface area contributed by atoms with Crippen LogP contribution in [0.1, 0.15) is 23.6 Å². The molecule has 0 aliphatic carbocycles. The van der Waals surface area contributed by atoms with Crippen molar-refractivity contribution in [2.24, 2.45) is 0 Å². The van der Waals surface area contributed by atoms with Crippen LogP contribution in [0.15, 0.2) is 29.8 Å². The summed E-state index contributed by atoms with van der Waals surface area (Å²) >= 11 is 1.55. The van der Waals surface area contributed by atoms with E-state index in [0.717, 1.165) is 10.6 Å². The maximum atomic E-state index is 9.51. The predicted molar refractivity (Wildman–Crippen MR) is 70.1 cm³/mol. The molecule has 0 aliphatic heterocycles. The molecule has 0 radical (unpaired) electrons. The summed E-state index contributed by atoms with van der Waals surface area (Å²) < 4.78 is 10.9. The van der Waals surface area contributed by atoms with Crippen molar-refractivity contribution in [2.75, 3.05) is 7.11 Å². The van der Waals surface area contributed by atoms with Crippen molar-refractivity contribution in [2.45, 2.75) is 19.6 Å². The molecule has 0 aliphatic rings. The van der Waals surface area contributed by atoms with Crippen molar-refractivity contribution in [3.63, 3.8) is 0 Å². The molecule has 1 N–H and O–H groups in total. The normalized spacial score (nSPS) is 12.2. The van der Waals surface area contributed by atoms with Gasteiger partial charge in [-0.05, 0) is 24.6 Å². The lowest BCUT2D eigenvalue weighted by atomic mass is 10.1. The van der Waals surface area contributed by atoms with Gasteiger partial charge in [0.1, 0.15) is 11.6 Å². The first-order valence-electron chi connectivity index (χ1n) is 5.58. The van der Waals surface area contributed by atoms with Crippen LogP contribution >= 0.6 is 11.3 Å². The zero-order chi connectivity index (χ0) is 13.0. The van der Waals surface area contributed by atoms with Gasteiger partial charge in [-0.15, -0.1) is 11.3 Å². The van der Waals surface area contributed by atoms with E-state index in [4.69, 9.17) is 9.47 Å². The van der Waals surface area contributed by atoms with Crippen LogP contribution < -0.4 is 9.47 Å². The second kappa shape index (κ2) is 5.84. The number of nitrogens with zero attached hydrogens (tertiary/aromatic N) is 1. The molecule has 1 heterocycles. The van der Waals surface area contributed by atoms with E-state index in [1.54, 1.807) is 43.7 Å². The smallest absolute Gasteiger partial charge is 0.161 e. The lowest BCUT2D eigenvalue weighted by Gasteiger charge is -2.12. The monoisotopic (exact) mass is 265 g/mol. The SMILES string of the molecule is COc1cc([C@@H](C)O)ccc1OCc1nccs1. The molecule has 0 unspecified atom stereocenters. The minimum Gasteiger partial charge on any atom is -0.493 e. The maximum absolute atomic E-state index is 9.51. The fourth-order valence-electron chi connectivity index (χ4n) is 1.53. The first-order valence-corrected chi connectivity index (χ1v) is 6.46. The van der Waals surface area contributed by atoms with Crippen LogP contribution in [0.3, 0.4) is 0 Å². The Morgan fingerprint density at radius 2 is 2.22 bits per heavy atom. The van der Waals surface area contributed by atoms with Crippen LogP contribution in [0.5, 0.6) is 11.5 Å². The summed E-state index contributed by atoms with van der Waals surface area (Å²) in [6.07, 6.45) is 1.23. The average molecular weight is 265 g/mol. The third-order valence-corrected chi connectivity index (χ3v) is 3.26. The van der Waals surface area contributed by atoms with E-state index in [2.05, 4.69) is 4.98 Å². The molecule has 96 valence electrons. The molecule has 0 saturated carbocycles. The number of ether oxygens (including phenoxy) is 2. The van der Waals surface area contributed by atoms with E-state index in [0.29, 0.717) is 18.1 Å². The molecule has 1 atom stereocenters. The molecule has 0 saturated heterocycles. The van der Waals surface area contributed by atoms with Gasteiger partial charge < -0.3 is 14.6 Å². The highest BCUT2D eigenvalue weighted by molar-refractivity contribution is 7.09. The van der Waals surface area contributed by atoms with Crippen LogP contribution in [-0.2, 0) is 6.61 Å². The number of aliphatic hydroxyl groups is 1. The van der Waals surface area contributed by atoms with Gasteiger partial charge in [0.05, 0.1) is 13.2 Å². The highest BCUT2D eigenvalue weighted by Crippen LogP contribution is 2.30. The first kappa shape index (κ1) is 12.9. The van der Waals surface area contributed by atoms with Crippen molar-refractivity contribution < 1.29 is 14.6 Å². The molecule has 2 rings (SSSR count). The molecule has 18 heavy (non-hydrogen) atoms. The Balaban J connectivity index is 2.12. The fraction of sp³-hybridized carbons (Fsp3) is 0.308. The first-order chi connectivity index (χ1) is 8.70. The van der Waals surface area contributed by atoms with Gasteiger partial charge >= 0.3 is 0 Å². The second-order valence-electron chi connectivity index (χ2n) is 3.80. The molecule has 4 nitrogen and oxygen atoms in total. The highest BCUT2D eigenvalue weighted by Gasteiger charge is 2.09. The Morgan fingerprint density at radius 3 is 2.83 bits per heavy atom. The maximum Gasteiger partial charge on any atom is 0.161 e. The molecular weight excluding hydrogens is 250 g/mol. The van der Waals surface area contributed by atoms with Crippen LogP contribution in [-0.4, -0.2) is 17.2 Å². The van der Waals surface area contributed by atoms with Crippen LogP contribution in [0.2, 0.25) is 0 Å². The van der Waals surface area contributed by atoms with Gasteiger partial charge in [-0.3, -0.25) is 0 Å². The minimum absolute atomic E-state index is 0.419. The summed E-state index contributed by atoms with van der Waals surface area (Å²) in [5.41, 5.74) is 0.799. The number of methoxy groups -OCH3 is 1. The van der Waals surface area contributed by atoms with Crippen molar-refractivity contribution in [3.8, 4) is 11.5 Å². The van der Waals surface area contributed by atoms with Crippen molar-refractivity contribution in [1.29, 1.82) is 0 Å². The molecule has 5 heteroatoms. The van der Waals surface area contributed by atoms with Crippen molar-refractivity contribution in [3.05, 3.63) is 40.3 Å². The molecule has 0 fully saturated rings. The van der Waals surface area contributed by atoms with E-state index in [-0.39, 0.29) is 0 Å². The summed E-state index contributed by atoms with van der Waals surface area (Å²) in [5, 5.41) is 12.3. The highest BCUT2D eigenvalue weighted by atomic mass is 32.1. The van der Waals surface area contributed by atoms with Gasteiger partial charge in [-0.1, -0.05) is 6.07 Å². The van der Waals surface area contributed by atoms with Crippen LogP contribution in [0, 0.1) is 0 Å². The Bertz CT molecular complexity index is 497. The fourth-order valence-corrected chi connectivity index (χ4v) is 2.05. The third kappa shape index (κ3) is 3.00. The van der Waals surface area contributed by atoms with Crippen molar-refractivity contribution >= 4 is 11.3 Å². The largest absolute Gasteiger partial charge is 0.493 e. The van der Waals surface area contributed by atoms with E-state index in [1.165, 1.54) is 0 Å². The number of thiazole rings is 1. The van der Waals surface area contributed by atoms with Crippen LogP contribution in [0.4, 0.5) is 0 Å². The van der Waals surface area contributed by atoms with Gasteiger partial charge in [0, 0.05) is 11.6 Å². The number of aromatic nitrogens is 1. The molecule has 0 amide bonds. The lowest BCUT2D eigenvalue weighted by Crippen LogP contribution is -1.99. The Morgan fingerprint density at radius 1 is 1.39 bits per heavy atom. The molecule has 0 spiro atoms. The topological polar surface area (TPSA) is 51.6 Å². The number of benzene rings is 1. The summed E-state index contributed by atoms with van der Waals surface area (Å²) in [6.45, 7) is 2.13. The second-order valence-corrected chi connectivity index (χ2v) is 4.78. The quantitative estimate of drug-likeness (QED) is 0.903. The van der Waals surface area contributed by atoms with E-state index >= 15 is 0 Å². The van der Waals surface area contributed by atoms with Crippen LogP contribution in [0.25, 0.3) is 0 Å². The van der Waals surface area contributed by atoms with E-state index in [1.807, 2.05) is 11.4 Å². The summed E-state index contributed by atoms with van der Waals surface area (Å²) in [6, 6.07) is 5.40. The van der Waals surface area contributed by atoms with Gasteiger partial charge in [-0.2, -0.15) is 0 Å². The Hall–Kier alpha value is -1.59. The number of hydrogen-bond acceptors (Lipinski definition) is 5. The van der Waals surface area contributed by atoms with Gasteiger partial charge in [0.15, 0.2) is 11.5 Å². The summed E-state index contributed by atoms with van der Waals surface area (Å²) in [5.74, 6) is 1.27. The molecule has 0 bridgehead atoms. The lowest BCUT2D eigenvalue weighted by molar-refractivity contribution is 0.198. The standard InChI is InChI=1S/C13H15NO3S/c1-9(15)10-3-4-11(12(7-10)16-2)17-8-13-14-5-6-18-13/h3-7,9,15H,8H2,1-2H3/t9-/m1/s1. The molecule has 2 aromatic rings. The third-order valence-electron chi connectivity index (χ3n) is 2.50. The van der Waals surface area contributed by atoms with Gasteiger partial charge in [0.2, 0.25) is 0 Å². The predicted octanol–water partition coefficient (Wildman–Crippen LogP) is 2.78. The summed E-state index contributed by atoms with van der Waals surface area (Å²) in [7, 11) is 1.58. The molecular formula is C13H15NO3S. The molecule has 1 aromatic heterocycles. The average Bonchev–Trinajstić information content (AvgIpc) is 2.89. The number of rotatable bonds is 5. The van der Waals surface area contributed by atoms with E-state index < -0.39 is 6.10 Å². The number of hydrogen-bond donors (Lipinski definition) is 1. The minimum atomic E-state index is -0.521. The molecule has 1 aromatic carbocycles. The zero-order valence-electron chi connectivity index (χ0n) is 10.3. The van der Waals surface area contributed by atoms with Crippen molar-refractivity contribution in [1.82, 2.24) is 4.98 Å². The van der Waals surface area contributed by atoms with E-state index in [9.17, 15) is 5.11 Å². The number of aliphatic hydroxyl groups excluding tert-OH is 1. The Kier molecular flexibility index (Phi) is 4.17. The zero-order valence-corrected chi connectivity index (χ0v) is 11.1.